The van der Waals surface area contributed by atoms with E-state index in [1.807, 2.05) is 30.0 Å². The average molecular weight is 208 g/mol. The van der Waals surface area contributed by atoms with E-state index >= 15 is 0 Å². The molecule has 14 heavy (non-hydrogen) atoms. The quantitative estimate of drug-likeness (QED) is 0.590. The molecule has 0 aromatic heterocycles. The van der Waals surface area contributed by atoms with Crippen molar-refractivity contribution in [2.45, 2.75) is 23.8 Å². The fourth-order valence-corrected chi connectivity index (χ4v) is 2.78. The van der Waals surface area contributed by atoms with Crippen molar-refractivity contribution in [3.63, 3.8) is 0 Å². The normalized spacial score (nSPS) is 21.3. The van der Waals surface area contributed by atoms with Gasteiger partial charge in [0.25, 0.3) is 0 Å². The van der Waals surface area contributed by atoms with Crippen molar-refractivity contribution >= 4 is 17.4 Å². The van der Waals surface area contributed by atoms with Crippen molar-refractivity contribution in [3.8, 4) is 0 Å². The van der Waals surface area contributed by atoms with E-state index in [1.165, 1.54) is 24.3 Å². The number of nitrogen functional groups attached to an aromatic ring is 1. The van der Waals surface area contributed by atoms with Gasteiger partial charge >= 0.3 is 0 Å². The number of hydrogen-bond donors (Lipinski definition) is 2. The predicted octanol–water partition coefficient (Wildman–Crippen LogP) is 2.11. The van der Waals surface area contributed by atoms with Crippen molar-refractivity contribution in [2.75, 3.05) is 18.0 Å². The van der Waals surface area contributed by atoms with Crippen LogP contribution in [0.2, 0.25) is 0 Å². The second-order valence-corrected chi connectivity index (χ2v) is 4.70. The molecule has 1 unspecified atom stereocenters. The molecule has 0 amide bonds. The van der Waals surface area contributed by atoms with Crippen LogP contribution in [0.1, 0.15) is 12.8 Å². The van der Waals surface area contributed by atoms with Crippen LogP contribution in [0, 0.1) is 0 Å². The molecule has 1 aliphatic heterocycles. The van der Waals surface area contributed by atoms with Crippen molar-refractivity contribution in [1.82, 2.24) is 5.32 Å². The number of rotatable bonds is 3. The molecule has 2 nitrogen and oxygen atoms in total. The summed E-state index contributed by atoms with van der Waals surface area (Å²) in [6.07, 6.45) is 2.62. The Balaban J connectivity index is 1.88. The summed E-state index contributed by atoms with van der Waals surface area (Å²) in [7, 11) is 0. The summed E-state index contributed by atoms with van der Waals surface area (Å²) >= 11 is 1.86. The van der Waals surface area contributed by atoms with Crippen LogP contribution in [0.25, 0.3) is 0 Å². The SMILES string of the molecule is Nc1ccccc1SCC1CCCN1. The summed E-state index contributed by atoms with van der Waals surface area (Å²) in [5.74, 6) is 1.13. The second-order valence-electron chi connectivity index (χ2n) is 3.64. The molecule has 76 valence electrons. The fraction of sp³-hybridized carbons (Fsp3) is 0.455. The number of anilines is 1. The topological polar surface area (TPSA) is 38.0 Å². The van der Waals surface area contributed by atoms with Gasteiger partial charge in [-0.05, 0) is 31.5 Å². The van der Waals surface area contributed by atoms with Gasteiger partial charge in [0, 0.05) is 22.4 Å². The Morgan fingerprint density at radius 2 is 2.29 bits per heavy atom. The second kappa shape index (κ2) is 4.71. The highest BCUT2D eigenvalue weighted by atomic mass is 32.2. The fourth-order valence-electron chi connectivity index (χ4n) is 1.70. The summed E-state index contributed by atoms with van der Waals surface area (Å²) in [6.45, 7) is 1.18. The maximum atomic E-state index is 5.86. The molecular weight excluding hydrogens is 192 g/mol. The van der Waals surface area contributed by atoms with Crippen molar-refractivity contribution in [3.05, 3.63) is 24.3 Å². The van der Waals surface area contributed by atoms with Gasteiger partial charge in [-0.2, -0.15) is 0 Å². The Hall–Kier alpha value is -0.670. The van der Waals surface area contributed by atoms with Gasteiger partial charge < -0.3 is 11.1 Å². The van der Waals surface area contributed by atoms with Gasteiger partial charge in [0.2, 0.25) is 0 Å². The van der Waals surface area contributed by atoms with Crippen LogP contribution in [0.5, 0.6) is 0 Å². The first-order chi connectivity index (χ1) is 6.86. The average Bonchev–Trinajstić information content (AvgIpc) is 2.69. The van der Waals surface area contributed by atoms with Gasteiger partial charge in [-0.25, -0.2) is 0 Å². The zero-order valence-corrected chi connectivity index (χ0v) is 9.02. The molecule has 1 saturated heterocycles. The zero-order valence-electron chi connectivity index (χ0n) is 8.20. The van der Waals surface area contributed by atoms with E-state index in [1.54, 1.807) is 0 Å². The molecule has 0 spiro atoms. The number of hydrogen-bond acceptors (Lipinski definition) is 3. The third kappa shape index (κ3) is 2.42. The summed E-state index contributed by atoms with van der Waals surface area (Å²) < 4.78 is 0. The van der Waals surface area contributed by atoms with E-state index in [2.05, 4.69) is 11.4 Å². The molecule has 1 heterocycles. The van der Waals surface area contributed by atoms with E-state index in [-0.39, 0.29) is 0 Å². The van der Waals surface area contributed by atoms with Crippen LogP contribution in [0.4, 0.5) is 5.69 Å². The van der Waals surface area contributed by atoms with Crippen molar-refractivity contribution < 1.29 is 0 Å². The molecule has 0 saturated carbocycles. The molecule has 3 N–H and O–H groups in total. The predicted molar refractivity (Wildman–Crippen MR) is 62.6 cm³/mol. The van der Waals surface area contributed by atoms with Gasteiger partial charge in [-0.15, -0.1) is 11.8 Å². The molecule has 2 rings (SSSR count). The van der Waals surface area contributed by atoms with E-state index in [9.17, 15) is 0 Å². The lowest BCUT2D eigenvalue weighted by Crippen LogP contribution is -2.23. The highest BCUT2D eigenvalue weighted by Crippen LogP contribution is 2.26. The summed E-state index contributed by atoms with van der Waals surface area (Å²) in [4.78, 5) is 1.21. The van der Waals surface area contributed by atoms with E-state index in [0.717, 1.165) is 11.4 Å². The van der Waals surface area contributed by atoms with Crippen LogP contribution in [-0.4, -0.2) is 18.3 Å². The lowest BCUT2D eigenvalue weighted by atomic mass is 10.3. The molecule has 3 heteroatoms. The minimum atomic E-state index is 0.680. The van der Waals surface area contributed by atoms with E-state index in [0.29, 0.717) is 6.04 Å². The largest absolute Gasteiger partial charge is 0.398 e. The lowest BCUT2D eigenvalue weighted by molar-refractivity contribution is 0.674. The van der Waals surface area contributed by atoms with Gasteiger partial charge in [0.1, 0.15) is 0 Å². The molecule has 0 aliphatic carbocycles. The lowest BCUT2D eigenvalue weighted by Gasteiger charge is -2.10. The molecular formula is C11H16N2S. The minimum Gasteiger partial charge on any atom is -0.398 e. The van der Waals surface area contributed by atoms with Gasteiger partial charge in [-0.3, -0.25) is 0 Å². The van der Waals surface area contributed by atoms with Crippen molar-refractivity contribution in [2.24, 2.45) is 0 Å². The zero-order chi connectivity index (χ0) is 9.80. The highest BCUT2D eigenvalue weighted by Gasteiger charge is 2.14. The first-order valence-corrected chi connectivity index (χ1v) is 6.05. The van der Waals surface area contributed by atoms with Crippen LogP contribution in [0.3, 0.4) is 0 Å². The monoisotopic (exact) mass is 208 g/mol. The molecule has 1 aromatic rings. The number of nitrogens with two attached hydrogens (primary N) is 1. The Bertz CT molecular complexity index is 295. The van der Waals surface area contributed by atoms with Gasteiger partial charge in [-0.1, -0.05) is 12.1 Å². The molecule has 1 aromatic carbocycles. The number of nitrogens with one attached hydrogen (secondary N) is 1. The summed E-state index contributed by atoms with van der Waals surface area (Å²) in [5, 5.41) is 3.48. The molecule has 0 radical (unpaired) electrons. The van der Waals surface area contributed by atoms with Crippen molar-refractivity contribution in [1.29, 1.82) is 0 Å². The Kier molecular flexibility index (Phi) is 3.32. The van der Waals surface area contributed by atoms with Crippen LogP contribution in [0.15, 0.2) is 29.2 Å². The Morgan fingerprint density at radius 3 is 3.00 bits per heavy atom. The summed E-state index contributed by atoms with van der Waals surface area (Å²) in [5.41, 5.74) is 6.76. The van der Waals surface area contributed by atoms with Gasteiger partial charge in [0.15, 0.2) is 0 Å². The third-order valence-electron chi connectivity index (χ3n) is 2.52. The molecule has 1 aliphatic rings. The molecule has 1 fully saturated rings. The van der Waals surface area contributed by atoms with E-state index in [4.69, 9.17) is 5.73 Å². The maximum absolute atomic E-state index is 5.86. The Labute approximate surface area is 89.3 Å². The number of thioether (sulfide) groups is 1. The molecule has 1 atom stereocenters. The number of para-hydroxylation sites is 1. The highest BCUT2D eigenvalue weighted by molar-refractivity contribution is 7.99. The van der Waals surface area contributed by atoms with E-state index < -0.39 is 0 Å². The maximum Gasteiger partial charge on any atom is 0.0452 e. The van der Waals surface area contributed by atoms with Gasteiger partial charge in [0.05, 0.1) is 0 Å². The first kappa shape index (κ1) is 9.87. The van der Waals surface area contributed by atoms with Crippen LogP contribution < -0.4 is 11.1 Å². The first-order valence-electron chi connectivity index (χ1n) is 5.07. The standard InChI is InChI=1S/C11H16N2S/c12-10-5-1-2-6-11(10)14-8-9-4-3-7-13-9/h1-2,5-6,9,13H,3-4,7-8,12H2. The number of benzene rings is 1. The minimum absolute atomic E-state index is 0.680. The third-order valence-corrected chi connectivity index (χ3v) is 3.77. The Morgan fingerprint density at radius 1 is 1.43 bits per heavy atom. The smallest absolute Gasteiger partial charge is 0.0452 e. The summed E-state index contributed by atoms with van der Waals surface area (Å²) in [6, 6.07) is 8.76. The molecule has 0 bridgehead atoms. The van der Waals surface area contributed by atoms with Crippen LogP contribution in [-0.2, 0) is 0 Å². The van der Waals surface area contributed by atoms with Crippen LogP contribution >= 0.6 is 11.8 Å².